The second-order valence-electron chi connectivity index (χ2n) is 4.81. The lowest BCUT2D eigenvalue weighted by atomic mass is 10.00. The van der Waals surface area contributed by atoms with Gasteiger partial charge in [0.25, 0.3) is 0 Å². The van der Waals surface area contributed by atoms with Crippen LogP contribution in [0.4, 0.5) is 0 Å². The summed E-state index contributed by atoms with van der Waals surface area (Å²) in [7, 11) is 1.90. The summed E-state index contributed by atoms with van der Waals surface area (Å²) in [5.41, 5.74) is 2.39. The van der Waals surface area contributed by atoms with E-state index in [9.17, 15) is 0 Å². The van der Waals surface area contributed by atoms with Crippen LogP contribution in [0, 0.1) is 0 Å². The molecule has 0 radical (unpaired) electrons. The maximum Gasteiger partial charge on any atom is 0.140 e. The van der Waals surface area contributed by atoms with Gasteiger partial charge in [0.15, 0.2) is 0 Å². The van der Waals surface area contributed by atoms with E-state index in [2.05, 4.69) is 32.5 Å². The van der Waals surface area contributed by atoms with Crippen molar-refractivity contribution < 1.29 is 0 Å². The van der Waals surface area contributed by atoms with Crippen LogP contribution in [0.25, 0.3) is 0 Å². The van der Waals surface area contributed by atoms with E-state index < -0.39 is 0 Å². The van der Waals surface area contributed by atoms with Gasteiger partial charge in [-0.25, -0.2) is 4.98 Å². The number of rotatable bonds is 5. The van der Waals surface area contributed by atoms with Gasteiger partial charge in [-0.05, 0) is 23.3 Å². The maximum absolute atomic E-state index is 4.25. The predicted octanol–water partition coefficient (Wildman–Crippen LogP) is 2.09. The zero-order chi connectivity index (χ0) is 14.5. The summed E-state index contributed by atoms with van der Waals surface area (Å²) in [4.78, 5) is 8.34. The molecule has 1 N–H and O–H groups in total. The summed E-state index contributed by atoms with van der Waals surface area (Å²) in [6, 6.07) is 14.5. The normalized spacial score (nSPS) is 12.2. The molecule has 5 heteroatoms. The highest BCUT2D eigenvalue weighted by Crippen LogP contribution is 2.21. The molecule has 5 nitrogen and oxygen atoms in total. The molecule has 1 aromatic carbocycles. The van der Waals surface area contributed by atoms with Crippen molar-refractivity contribution >= 4 is 0 Å². The SMILES string of the molecule is Cn1ncnc1CNC(c1ccccc1)c1ccncc1. The fraction of sp³-hybridized carbons (Fsp3) is 0.188. The lowest BCUT2D eigenvalue weighted by molar-refractivity contribution is 0.562. The quantitative estimate of drug-likeness (QED) is 0.777. The lowest BCUT2D eigenvalue weighted by Crippen LogP contribution is -2.23. The molecule has 0 bridgehead atoms. The van der Waals surface area contributed by atoms with Crippen molar-refractivity contribution in [3.05, 3.63) is 78.1 Å². The molecule has 21 heavy (non-hydrogen) atoms. The molecule has 0 saturated carbocycles. The van der Waals surface area contributed by atoms with Crippen LogP contribution in [0.2, 0.25) is 0 Å². The average molecular weight is 279 g/mol. The van der Waals surface area contributed by atoms with Crippen LogP contribution in [0.1, 0.15) is 23.0 Å². The number of hydrogen-bond acceptors (Lipinski definition) is 4. The number of pyridine rings is 1. The summed E-state index contributed by atoms with van der Waals surface area (Å²) in [5, 5.41) is 7.64. The van der Waals surface area contributed by atoms with E-state index in [1.807, 2.05) is 49.8 Å². The van der Waals surface area contributed by atoms with Crippen LogP contribution in [-0.4, -0.2) is 19.7 Å². The van der Waals surface area contributed by atoms with Gasteiger partial charge < -0.3 is 0 Å². The number of aryl methyl sites for hydroxylation is 1. The number of nitrogens with zero attached hydrogens (tertiary/aromatic N) is 4. The van der Waals surface area contributed by atoms with E-state index in [1.165, 1.54) is 11.1 Å². The molecule has 0 aliphatic rings. The van der Waals surface area contributed by atoms with Crippen LogP contribution >= 0.6 is 0 Å². The number of nitrogens with one attached hydrogen (secondary N) is 1. The number of aromatic nitrogens is 4. The molecule has 0 amide bonds. The first-order chi connectivity index (χ1) is 10.3. The molecule has 0 saturated heterocycles. The molecule has 0 fully saturated rings. The van der Waals surface area contributed by atoms with Gasteiger partial charge in [-0.1, -0.05) is 30.3 Å². The largest absolute Gasteiger partial charge is 0.299 e. The molecule has 3 rings (SSSR count). The molecule has 0 aliphatic carbocycles. The second kappa shape index (κ2) is 6.28. The molecule has 106 valence electrons. The molecule has 2 heterocycles. The van der Waals surface area contributed by atoms with Crippen molar-refractivity contribution in [3.63, 3.8) is 0 Å². The molecular weight excluding hydrogens is 262 g/mol. The molecule has 1 atom stereocenters. The van der Waals surface area contributed by atoms with E-state index in [0.717, 1.165) is 5.82 Å². The third kappa shape index (κ3) is 3.14. The third-order valence-corrected chi connectivity index (χ3v) is 3.44. The fourth-order valence-corrected chi connectivity index (χ4v) is 2.30. The number of benzene rings is 1. The minimum Gasteiger partial charge on any atom is -0.299 e. The van der Waals surface area contributed by atoms with Gasteiger partial charge in [-0.3, -0.25) is 15.0 Å². The molecule has 0 aliphatic heterocycles. The topological polar surface area (TPSA) is 55.6 Å². The van der Waals surface area contributed by atoms with Crippen LogP contribution in [0.3, 0.4) is 0 Å². The Kier molecular flexibility index (Phi) is 4.02. The van der Waals surface area contributed by atoms with Gasteiger partial charge in [0.05, 0.1) is 12.6 Å². The van der Waals surface area contributed by atoms with E-state index in [1.54, 1.807) is 11.0 Å². The standard InChI is InChI=1S/C16H17N5/c1-21-15(19-12-20-21)11-18-16(13-5-3-2-4-6-13)14-7-9-17-10-8-14/h2-10,12,16,18H,11H2,1H3. The predicted molar refractivity (Wildman–Crippen MR) is 80.4 cm³/mol. The summed E-state index contributed by atoms with van der Waals surface area (Å²) in [6.45, 7) is 0.651. The Labute approximate surface area is 123 Å². The fourth-order valence-electron chi connectivity index (χ4n) is 2.30. The first-order valence-electron chi connectivity index (χ1n) is 6.86. The van der Waals surface area contributed by atoms with E-state index in [0.29, 0.717) is 6.54 Å². The van der Waals surface area contributed by atoms with Crippen LogP contribution in [0.5, 0.6) is 0 Å². The van der Waals surface area contributed by atoms with Crippen molar-refractivity contribution in [1.29, 1.82) is 0 Å². The van der Waals surface area contributed by atoms with Crippen molar-refractivity contribution in [3.8, 4) is 0 Å². The first kappa shape index (κ1) is 13.5. The lowest BCUT2D eigenvalue weighted by Gasteiger charge is -2.19. The summed E-state index contributed by atoms with van der Waals surface area (Å²) in [5.74, 6) is 0.907. The van der Waals surface area contributed by atoms with Crippen molar-refractivity contribution in [2.24, 2.45) is 7.05 Å². The zero-order valence-corrected chi connectivity index (χ0v) is 11.8. The van der Waals surface area contributed by atoms with Gasteiger partial charge in [0.2, 0.25) is 0 Å². The summed E-state index contributed by atoms with van der Waals surface area (Å²) < 4.78 is 1.78. The Bertz CT molecular complexity index is 639. The Balaban J connectivity index is 1.85. The number of hydrogen-bond donors (Lipinski definition) is 1. The van der Waals surface area contributed by atoms with Crippen LogP contribution in [0.15, 0.2) is 61.2 Å². The van der Waals surface area contributed by atoms with Crippen LogP contribution in [-0.2, 0) is 13.6 Å². The minimum absolute atomic E-state index is 0.103. The zero-order valence-electron chi connectivity index (χ0n) is 11.8. The molecule has 1 unspecified atom stereocenters. The van der Waals surface area contributed by atoms with E-state index in [4.69, 9.17) is 0 Å². The van der Waals surface area contributed by atoms with Crippen molar-refractivity contribution in [1.82, 2.24) is 25.1 Å². The summed E-state index contributed by atoms with van der Waals surface area (Å²) in [6.07, 6.45) is 5.20. The van der Waals surface area contributed by atoms with Gasteiger partial charge in [0, 0.05) is 19.4 Å². The molecule has 3 aromatic rings. The highest BCUT2D eigenvalue weighted by Gasteiger charge is 2.14. The van der Waals surface area contributed by atoms with Gasteiger partial charge in [-0.2, -0.15) is 5.10 Å². The Morgan fingerprint density at radius 1 is 1.05 bits per heavy atom. The van der Waals surface area contributed by atoms with E-state index >= 15 is 0 Å². The van der Waals surface area contributed by atoms with Crippen molar-refractivity contribution in [2.45, 2.75) is 12.6 Å². The monoisotopic (exact) mass is 279 g/mol. The smallest absolute Gasteiger partial charge is 0.140 e. The second-order valence-corrected chi connectivity index (χ2v) is 4.81. The van der Waals surface area contributed by atoms with Crippen LogP contribution < -0.4 is 5.32 Å². The first-order valence-corrected chi connectivity index (χ1v) is 6.86. The maximum atomic E-state index is 4.25. The minimum atomic E-state index is 0.103. The Hall–Kier alpha value is -2.53. The van der Waals surface area contributed by atoms with Gasteiger partial charge >= 0.3 is 0 Å². The third-order valence-electron chi connectivity index (χ3n) is 3.44. The molecule has 2 aromatic heterocycles. The highest BCUT2D eigenvalue weighted by atomic mass is 15.3. The highest BCUT2D eigenvalue weighted by molar-refractivity contribution is 5.30. The molecule has 0 spiro atoms. The van der Waals surface area contributed by atoms with Crippen molar-refractivity contribution in [2.75, 3.05) is 0 Å². The Morgan fingerprint density at radius 3 is 2.43 bits per heavy atom. The average Bonchev–Trinajstić information content (AvgIpc) is 2.95. The summed E-state index contributed by atoms with van der Waals surface area (Å²) >= 11 is 0. The Morgan fingerprint density at radius 2 is 1.76 bits per heavy atom. The molecular formula is C16H17N5. The van der Waals surface area contributed by atoms with E-state index in [-0.39, 0.29) is 6.04 Å². The van der Waals surface area contributed by atoms with Gasteiger partial charge in [0.1, 0.15) is 12.2 Å². The van der Waals surface area contributed by atoms with Gasteiger partial charge in [-0.15, -0.1) is 0 Å².